The van der Waals surface area contributed by atoms with Gasteiger partial charge < -0.3 is 9.32 Å². The van der Waals surface area contributed by atoms with Crippen molar-refractivity contribution in [2.45, 2.75) is 24.7 Å². The lowest BCUT2D eigenvalue weighted by molar-refractivity contribution is 0.669. The molecule has 256 valence electrons. The standard InChI is InChI=1S/C52H37NO/c1-51(34-16-5-3-6-17-34)43-23-12-9-20-38(43)41-32-36(28-30-45(41)51)53(37-29-31-49-42(33-37)39-21-11-14-27-48(39)54-49)47-26-15-25-46-50(47)40-22-10-13-24-44(40)52(46,2)35-18-7-4-8-19-35/h3-33H,1-2H3. The summed E-state index contributed by atoms with van der Waals surface area (Å²) in [5.74, 6) is 0. The minimum absolute atomic E-state index is 0.268. The molecule has 1 aromatic heterocycles. The summed E-state index contributed by atoms with van der Waals surface area (Å²) in [5.41, 5.74) is 17.6. The lowest BCUT2D eigenvalue weighted by Crippen LogP contribution is -2.22. The molecule has 2 nitrogen and oxygen atoms in total. The molecule has 2 heteroatoms. The highest BCUT2D eigenvalue weighted by Gasteiger charge is 2.43. The van der Waals surface area contributed by atoms with Crippen LogP contribution in [0.25, 0.3) is 44.2 Å². The first-order valence-electron chi connectivity index (χ1n) is 18.9. The highest BCUT2D eigenvalue weighted by molar-refractivity contribution is 6.07. The molecule has 2 aliphatic carbocycles. The Morgan fingerprint density at radius 1 is 0.389 bits per heavy atom. The van der Waals surface area contributed by atoms with E-state index in [1.165, 1.54) is 55.6 Å². The highest BCUT2D eigenvalue weighted by Crippen LogP contribution is 2.58. The molecular formula is C52H37NO. The maximum Gasteiger partial charge on any atom is 0.135 e. The molecule has 0 N–H and O–H groups in total. The summed E-state index contributed by atoms with van der Waals surface area (Å²) in [6.07, 6.45) is 0. The number of rotatable bonds is 5. The van der Waals surface area contributed by atoms with Crippen molar-refractivity contribution in [1.29, 1.82) is 0 Å². The van der Waals surface area contributed by atoms with Crippen molar-refractivity contribution in [3.8, 4) is 22.3 Å². The number of hydrogen-bond donors (Lipinski definition) is 0. The molecule has 0 saturated carbocycles. The van der Waals surface area contributed by atoms with Crippen molar-refractivity contribution in [1.82, 2.24) is 0 Å². The number of nitrogens with zero attached hydrogens (tertiary/aromatic N) is 1. The van der Waals surface area contributed by atoms with Crippen LogP contribution < -0.4 is 4.90 Å². The molecule has 2 atom stereocenters. The van der Waals surface area contributed by atoms with Gasteiger partial charge in [-0.2, -0.15) is 0 Å². The van der Waals surface area contributed by atoms with Crippen molar-refractivity contribution < 1.29 is 4.42 Å². The number of anilines is 3. The summed E-state index contributed by atoms with van der Waals surface area (Å²) in [6, 6.07) is 68.9. The molecule has 0 saturated heterocycles. The summed E-state index contributed by atoms with van der Waals surface area (Å²) >= 11 is 0. The number of benzene rings is 8. The zero-order valence-corrected chi connectivity index (χ0v) is 30.3. The smallest absolute Gasteiger partial charge is 0.135 e. The van der Waals surface area contributed by atoms with E-state index in [0.717, 1.165) is 39.0 Å². The van der Waals surface area contributed by atoms with Crippen molar-refractivity contribution in [3.63, 3.8) is 0 Å². The molecule has 0 amide bonds. The monoisotopic (exact) mass is 691 g/mol. The molecule has 2 aliphatic rings. The molecule has 0 aliphatic heterocycles. The van der Waals surface area contributed by atoms with Crippen LogP contribution in [0.5, 0.6) is 0 Å². The van der Waals surface area contributed by atoms with E-state index < -0.39 is 0 Å². The summed E-state index contributed by atoms with van der Waals surface area (Å²) in [7, 11) is 0. The van der Waals surface area contributed by atoms with Crippen LogP contribution in [-0.4, -0.2) is 0 Å². The molecule has 8 aromatic carbocycles. The molecule has 9 aromatic rings. The highest BCUT2D eigenvalue weighted by atomic mass is 16.3. The van der Waals surface area contributed by atoms with Gasteiger partial charge in [-0.15, -0.1) is 0 Å². The summed E-state index contributed by atoms with van der Waals surface area (Å²) in [5, 5.41) is 2.23. The molecular weight excluding hydrogens is 655 g/mol. The van der Waals surface area contributed by atoms with E-state index in [2.05, 4.69) is 201 Å². The first kappa shape index (κ1) is 30.9. The molecule has 1 heterocycles. The van der Waals surface area contributed by atoms with Crippen LogP contribution in [0.3, 0.4) is 0 Å². The fourth-order valence-corrected chi connectivity index (χ4v) is 9.78. The van der Waals surface area contributed by atoms with E-state index >= 15 is 0 Å². The predicted molar refractivity (Wildman–Crippen MR) is 223 cm³/mol. The summed E-state index contributed by atoms with van der Waals surface area (Å²) in [6.45, 7) is 4.77. The molecule has 11 rings (SSSR count). The lowest BCUT2D eigenvalue weighted by Gasteiger charge is -2.31. The quantitative estimate of drug-likeness (QED) is 0.179. The topological polar surface area (TPSA) is 16.4 Å². The Morgan fingerprint density at radius 2 is 0.926 bits per heavy atom. The summed E-state index contributed by atoms with van der Waals surface area (Å²) < 4.78 is 6.34. The Balaban J connectivity index is 1.19. The van der Waals surface area contributed by atoms with E-state index in [4.69, 9.17) is 4.42 Å². The Morgan fingerprint density at radius 3 is 1.69 bits per heavy atom. The van der Waals surface area contributed by atoms with Crippen LogP contribution in [-0.2, 0) is 10.8 Å². The Bertz CT molecular complexity index is 2920. The number of hydrogen-bond acceptors (Lipinski definition) is 2. The first-order chi connectivity index (χ1) is 26.5. The average molecular weight is 692 g/mol. The van der Waals surface area contributed by atoms with Gasteiger partial charge in [0, 0.05) is 38.5 Å². The second-order valence-electron chi connectivity index (χ2n) is 15.1. The zero-order chi connectivity index (χ0) is 36.0. The van der Waals surface area contributed by atoms with Gasteiger partial charge in [0.2, 0.25) is 0 Å². The van der Waals surface area contributed by atoms with Crippen LogP contribution in [0.15, 0.2) is 192 Å². The Hall–Kier alpha value is -6.64. The maximum absolute atomic E-state index is 6.34. The van der Waals surface area contributed by atoms with Crippen molar-refractivity contribution in [2.75, 3.05) is 4.90 Å². The van der Waals surface area contributed by atoms with Crippen LogP contribution in [0.2, 0.25) is 0 Å². The third kappa shape index (κ3) is 4.17. The third-order valence-corrected chi connectivity index (χ3v) is 12.4. The van der Waals surface area contributed by atoms with E-state index in [1.54, 1.807) is 0 Å². The Kier molecular flexibility index (Phi) is 6.55. The average Bonchev–Trinajstić information content (AvgIpc) is 3.83. The molecule has 0 radical (unpaired) electrons. The third-order valence-electron chi connectivity index (χ3n) is 12.4. The van der Waals surface area contributed by atoms with Crippen molar-refractivity contribution in [3.05, 3.63) is 221 Å². The number of para-hydroxylation sites is 1. The number of furan rings is 1. The second kappa shape index (κ2) is 11.4. The predicted octanol–water partition coefficient (Wildman–Crippen LogP) is 13.7. The van der Waals surface area contributed by atoms with Crippen LogP contribution in [0.1, 0.15) is 47.2 Å². The fraction of sp³-hybridized carbons (Fsp3) is 0.0769. The van der Waals surface area contributed by atoms with Gasteiger partial charge in [-0.3, -0.25) is 0 Å². The van der Waals surface area contributed by atoms with Crippen LogP contribution >= 0.6 is 0 Å². The number of fused-ring (bicyclic) bond motifs is 9. The molecule has 0 fully saturated rings. The van der Waals surface area contributed by atoms with Gasteiger partial charge in [-0.25, -0.2) is 0 Å². The van der Waals surface area contributed by atoms with Gasteiger partial charge in [-0.1, -0.05) is 146 Å². The van der Waals surface area contributed by atoms with Gasteiger partial charge in [0.25, 0.3) is 0 Å². The SMILES string of the molecule is CC1(c2ccccc2)c2ccccc2-c2cc(N(c3ccc4oc5ccccc5c4c3)c3cccc4c3-c3ccccc3C4(C)c3ccccc3)ccc21. The van der Waals surface area contributed by atoms with Crippen molar-refractivity contribution >= 4 is 39.0 Å². The van der Waals surface area contributed by atoms with Gasteiger partial charge in [0.1, 0.15) is 11.2 Å². The minimum Gasteiger partial charge on any atom is -0.456 e. The molecule has 2 unspecified atom stereocenters. The van der Waals surface area contributed by atoms with Crippen LogP contribution in [0.4, 0.5) is 17.1 Å². The minimum atomic E-state index is -0.312. The normalized spacial score (nSPS) is 18.0. The fourth-order valence-electron chi connectivity index (χ4n) is 9.78. The van der Waals surface area contributed by atoms with Crippen molar-refractivity contribution in [2.24, 2.45) is 0 Å². The molecule has 0 spiro atoms. The van der Waals surface area contributed by atoms with Gasteiger partial charge in [0.05, 0.1) is 5.69 Å². The largest absolute Gasteiger partial charge is 0.456 e. The van der Waals surface area contributed by atoms with E-state index in [0.29, 0.717) is 0 Å². The lowest BCUT2D eigenvalue weighted by atomic mass is 9.74. The zero-order valence-electron chi connectivity index (χ0n) is 30.3. The summed E-state index contributed by atoms with van der Waals surface area (Å²) in [4.78, 5) is 2.48. The van der Waals surface area contributed by atoms with Gasteiger partial charge in [-0.05, 0) is 106 Å². The van der Waals surface area contributed by atoms with E-state index in [9.17, 15) is 0 Å². The van der Waals surface area contributed by atoms with E-state index in [1.807, 2.05) is 6.07 Å². The Labute approximate surface area is 315 Å². The molecule has 54 heavy (non-hydrogen) atoms. The van der Waals surface area contributed by atoms with Gasteiger partial charge in [0.15, 0.2) is 0 Å². The maximum atomic E-state index is 6.34. The van der Waals surface area contributed by atoms with E-state index in [-0.39, 0.29) is 10.8 Å². The second-order valence-corrected chi connectivity index (χ2v) is 15.1. The van der Waals surface area contributed by atoms with Gasteiger partial charge >= 0.3 is 0 Å². The van der Waals surface area contributed by atoms with Crippen LogP contribution in [0, 0.1) is 0 Å². The molecule has 0 bridgehead atoms. The first-order valence-corrected chi connectivity index (χ1v) is 18.9.